The Morgan fingerprint density at radius 1 is 1.80 bits per heavy atom. The molecule has 0 saturated carbocycles. The lowest BCUT2D eigenvalue weighted by molar-refractivity contribution is 0.684. The van der Waals surface area contributed by atoms with Gasteiger partial charge in [-0.15, -0.1) is 17.8 Å². The summed E-state index contributed by atoms with van der Waals surface area (Å²) in [7, 11) is 0. The lowest BCUT2D eigenvalue weighted by atomic mass is 10.3. The highest BCUT2D eigenvalue weighted by Gasteiger charge is 2.04. The van der Waals surface area contributed by atoms with E-state index in [1.54, 1.807) is 11.3 Å². The van der Waals surface area contributed by atoms with Crippen LogP contribution in [0.25, 0.3) is 0 Å². The SMILES string of the molecule is C#CC(NN)c1cccs1. The fraction of sp³-hybridized carbons (Fsp3) is 0.143. The largest absolute Gasteiger partial charge is 0.270 e. The van der Waals surface area contributed by atoms with Crippen LogP contribution in [0.4, 0.5) is 0 Å². The van der Waals surface area contributed by atoms with Gasteiger partial charge in [-0.05, 0) is 11.4 Å². The van der Waals surface area contributed by atoms with E-state index in [1.807, 2.05) is 17.5 Å². The van der Waals surface area contributed by atoms with Crippen LogP contribution in [0, 0.1) is 12.3 Å². The minimum absolute atomic E-state index is 0.139. The van der Waals surface area contributed by atoms with E-state index in [9.17, 15) is 0 Å². The minimum Gasteiger partial charge on any atom is -0.270 e. The molecule has 0 saturated heterocycles. The van der Waals surface area contributed by atoms with Crippen molar-refractivity contribution in [2.75, 3.05) is 0 Å². The first kappa shape index (κ1) is 7.29. The number of nitrogens with one attached hydrogen (secondary N) is 1. The molecule has 0 fully saturated rings. The van der Waals surface area contributed by atoms with E-state index in [0.717, 1.165) is 4.88 Å². The molecule has 0 bridgehead atoms. The first-order valence-electron chi connectivity index (χ1n) is 2.84. The summed E-state index contributed by atoms with van der Waals surface area (Å²) in [5.41, 5.74) is 2.53. The molecule has 10 heavy (non-hydrogen) atoms. The number of hydrogen-bond donors (Lipinski definition) is 2. The van der Waals surface area contributed by atoms with Crippen LogP contribution >= 0.6 is 11.3 Å². The van der Waals surface area contributed by atoms with Crippen molar-refractivity contribution in [1.29, 1.82) is 0 Å². The quantitative estimate of drug-likeness (QED) is 0.375. The Bertz CT molecular complexity index is 222. The second-order valence-electron chi connectivity index (χ2n) is 1.78. The molecule has 3 N–H and O–H groups in total. The molecule has 1 unspecified atom stereocenters. The third-order valence-corrected chi connectivity index (χ3v) is 2.10. The van der Waals surface area contributed by atoms with E-state index >= 15 is 0 Å². The summed E-state index contributed by atoms with van der Waals surface area (Å²) in [6.45, 7) is 0. The molecule has 1 rings (SSSR count). The average molecular weight is 152 g/mol. The molecular weight excluding hydrogens is 144 g/mol. The summed E-state index contributed by atoms with van der Waals surface area (Å²) in [6, 6.07) is 3.76. The number of hydrazine groups is 1. The van der Waals surface area contributed by atoms with Gasteiger partial charge in [0.15, 0.2) is 0 Å². The fourth-order valence-electron chi connectivity index (χ4n) is 0.668. The number of thiophene rings is 1. The zero-order valence-electron chi connectivity index (χ0n) is 5.37. The van der Waals surface area contributed by atoms with Gasteiger partial charge in [0.1, 0.15) is 6.04 Å². The molecule has 0 aliphatic carbocycles. The molecule has 1 atom stereocenters. The molecule has 0 aliphatic rings. The zero-order valence-corrected chi connectivity index (χ0v) is 6.19. The van der Waals surface area contributed by atoms with Crippen molar-refractivity contribution in [3.05, 3.63) is 22.4 Å². The normalized spacial score (nSPS) is 12.4. The third kappa shape index (κ3) is 1.36. The van der Waals surface area contributed by atoms with Crippen molar-refractivity contribution in [2.24, 2.45) is 5.84 Å². The number of hydrogen-bond acceptors (Lipinski definition) is 3. The maximum absolute atomic E-state index is 5.19. The van der Waals surface area contributed by atoms with Crippen LogP contribution in [0.15, 0.2) is 17.5 Å². The van der Waals surface area contributed by atoms with Crippen LogP contribution in [0.5, 0.6) is 0 Å². The van der Waals surface area contributed by atoms with Gasteiger partial charge in [-0.2, -0.15) is 0 Å². The molecule has 0 spiro atoms. The maximum Gasteiger partial charge on any atom is 0.116 e. The molecule has 52 valence electrons. The second kappa shape index (κ2) is 3.37. The highest BCUT2D eigenvalue weighted by molar-refractivity contribution is 7.10. The summed E-state index contributed by atoms with van der Waals surface area (Å²) >= 11 is 1.60. The average Bonchev–Trinajstić information content (AvgIpc) is 2.43. The predicted molar refractivity (Wildman–Crippen MR) is 43.2 cm³/mol. The Morgan fingerprint density at radius 3 is 3.00 bits per heavy atom. The van der Waals surface area contributed by atoms with E-state index < -0.39 is 0 Å². The van der Waals surface area contributed by atoms with Crippen molar-refractivity contribution in [3.63, 3.8) is 0 Å². The Balaban J connectivity index is 2.76. The zero-order chi connectivity index (χ0) is 7.40. The second-order valence-corrected chi connectivity index (χ2v) is 2.76. The van der Waals surface area contributed by atoms with E-state index in [1.165, 1.54) is 0 Å². The van der Waals surface area contributed by atoms with Crippen molar-refractivity contribution in [2.45, 2.75) is 6.04 Å². The highest BCUT2D eigenvalue weighted by atomic mass is 32.1. The van der Waals surface area contributed by atoms with Gasteiger partial charge in [0.05, 0.1) is 0 Å². The third-order valence-electron chi connectivity index (χ3n) is 1.16. The summed E-state index contributed by atoms with van der Waals surface area (Å²) in [6.07, 6.45) is 5.19. The Labute approximate surface area is 64.0 Å². The van der Waals surface area contributed by atoms with Gasteiger partial charge in [0.25, 0.3) is 0 Å². The molecule has 1 aromatic rings. The summed E-state index contributed by atoms with van der Waals surface area (Å²) < 4.78 is 0. The number of rotatable bonds is 2. The smallest absolute Gasteiger partial charge is 0.116 e. The molecule has 0 radical (unpaired) electrons. The Kier molecular flexibility index (Phi) is 2.46. The van der Waals surface area contributed by atoms with Gasteiger partial charge < -0.3 is 0 Å². The van der Waals surface area contributed by atoms with Gasteiger partial charge in [0.2, 0.25) is 0 Å². The monoisotopic (exact) mass is 152 g/mol. The van der Waals surface area contributed by atoms with E-state index in [0.29, 0.717) is 0 Å². The van der Waals surface area contributed by atoms with Gasteiger partial charge in [-0.1, -0.05) is 12.0 Å². The first-order chi connectivity index (χ1) is 4.88. The first-order valence-corrected chi connectivity index (χ1v) is 3.72. The Morgan fingerprint density at radius 2 is 2.60 bits per heavy atom. The van der Waals surface area contributed by atoms with Gasteiger partial charge in [0, 0.05) is 4.88 Å². The van der Waals surface area contributed by atoms with Crippen LogP contribution < -0.4 is 11.3 Å². The fourth-order valence-corrected chi connectivity index (χ4v) is 1.41. The van der Waals surface area contributed by atoms with Crippen molar-refractivity contribution >= 4 is 11.3 Å². The van der Waals surface area contributed by atoms with Crippen molar-refractivity contribution in [1.82, 2.24) is 5.43 Å². The number of terminal acetylenes is 1. The molecule has 1 heterocycles. The van der Waals surface area contributed by atoms with Crippen LogP contribution in [0.2, 0.25) is 0 Å². The van der Waals surface area contributed by atoms with Crippen LogP contribution in [0.3, 0.4) is 0 Å². The predicted octanol–water partition coefficient (Wildman–Crippen LogP) is 0.886. The van der Waals surface area contributed by atoms with Crippen LogP contribution in [-0.4, -0.2) is 0 Å². The minimum atomic E-state index is -0.139. The lowest BCUT2D eigenvalue weighted by Crippen LogP contribution is -2.25. The van der Waals surface area contributed by atoms with Crippen molar-refractivity contribution in [3.8, 4) is 12.3 Å². The van der Waals surface area contributed by atoms with Crippen LogP contribution in [0.1, 0.15) is 10.9 Å². The molecule has 0 amide bonds. The van der Waals surface area contributed by atoms with E-state index in [2.05, 4.69) is 11.3 Å². The molecule has 0 aliphatic heterocycles. The topological polar surface area (TPSA) is 38.0 Å². The molecular formula is C7H8N2S. The summed E-state index contributed by atoms with van der Waals surface area (Å²) in [5.74, 6) is 7.72. The van der Waals surface area contributed by atoms with Gasteiger partial charge >= 0.3 is 0 Å². The lowest BCUT2D eigenvalue weighted by Gasteiger charge is -2.03. The molecule has 2 nitrogen and oxygen atoms in total. The number of nitrogens with two attached hydrogens (primary N) is 1. The summed E-state index contributed by atoms with van der Waals surface area (Å²) in [4.78, 5) is 1.07. The highest BCUT2D eigenvalue weighted by Crippen LogP contribution is 2.16. The van der Waals surface area contributed by atoms with Crippen molar-refractivity contribution < 1.29 is 0 Å². The van der Waals surface area contributed by atoms with E-state index in [4.69, 9.17) is 12.3 Å². The maximum atomic E-state index is 5.19. The standard InChI is InChI=1S/C7H8N2S/c1-2-6(9-8)7-4-3-5-10-7/h1,3-6,9H,8H2. The van der Waals surface area contributed by atoms with Gasteiger partial charge in [-0.3, -0.25) is 5.84 Å². The Hall–Kier alpha value is -0.820. The summed E-state index contributed by atoms with van der Waals surface area (Å²) in [5, 5.41) is 1.97. The molecule has 0 aromatic carbocycles. The molecule has 3 heteroatoms. The molecule has 1 aromatic heterocycles. The van der Waals surface area contributed by atoms with E-state index in [-0.39, 0.29) is 6.04 Å². The van der Waals surface area contributed by atoms with Gasteiger partial charge in [-0.25, -0.2) is 5.43 Å². The van der Waals surface area contributed by atoms with Crippen LogP contribution in [-0.2, 0) is 0 Å².